The summed E-state index contributed by atoms with van der Waals surface area (Å²) >= 11 is 0. The van der Waals surface area contributed by atoms with Gasteiger partial charge < -0.3 is 4.57 Å². The topological polar surface area (TPSA) is 107 Å². The van der Waals surface area contributed by atoms with Crippen molar-refractivity contribution in [2.75, 3.05) is 6.54 Å². The second kappa shape index (κ2) is 5.05. The summed E-state index contributed by atoms with van der Waals surface area (Å²) in [4.78, 5) is 4.34. The SMILES string of the molecule is C1=NCCn2ccc3cccc1c32.[O-][Cl+3]([O-])([O-])O. The van der Waals surface area contributed by atoms with E-state index in [4.69, 9.17) is 18.6 Å². The third-order valence-corrected chi connectivity index (χ3v) is 2.52. The summed E-state index contributed by atoms with van der Waals surface area (Å²) in [6, 6.07) is 8.51. The van der Waals surface area contributed by atoms with Gasteiger partial charge in [-0.3, -0.25) is 4.99 Å². The molecule has 0 fully saturated rings. The van der Waals surface area contributed by atoms with Crippen molar-refractivity contribution in [2.24, 2.45) is 4.99 Å². The molecular formula is C11H11ClN2O4. The molecule has 1 aromatic heterocycles. The molecule has 2 heterocycles. The Kier molecular flexibility index (Phi) is 3.65. The van der Waals surface area contributed by atoms with E-state index in [1.54, 1.807) is 0 Å². The fourth-order valence-electron chi connectivity index (χ4n) is 1.91. The zero-order valence-corrected chi connectivity index (χ0v) is 10.1. The van der Waals surface area contributed by atoms with E-state index in [2.05, 4.69) is 40.0 Å². The number of aromatic nitrogens is 1. The van der Waals surface area contributed by atoms with Crippen LogP contribution in [0.25, 0.3) is 10.9 Å². The molecule has 18 heavy (non-hydrogen) atoms. The number of aliphatic imine (C=N–C) groups is 1. The van der Waals surface area contributed by atoms with Gasteiger partial charge in [-0.1, -0.05) is 18.2 Å². The number of hydrogen-bond acceptors (Lipinski definition) is 5. The van der Waals surface area contributed by atoms with Crippen LogP contribution in [0.15, 0.2) is 35.5 Å². The van der Waals surface area contributed by atoms with Crippen molar-refractivity contribution in [3.8, 4) is 0 Å². The minimum absolute atomic E-state index is 0.887. The maximum absolute atomic E-state index is 8.60. The molecule has 1 aromatic carbocycles. The molecule has 2 aromatic rings. The van der Waals surface area contributed by atoms with Gasteiger partial charge in [0, 0.05) is 29.9 Å². The van der Waals surface area contributed by atoms with E-state index in [9.17, 15) is 0 Å². The lowest BCUT2D eigenvalue weighted by Gasteiger charge is -2.03. The van der Waals surface area contributed by atoms with E-state index in [1.807, 2.05) is 6.21 Å². The highest BCUT2D eigenvalue weighted by atomic mass is 35.7. The second-order valence-corrected chi connectivity index (χ2v) is 4.52. The van der Waals surface area contributed by atoms with E-state index in [0.717, 1.165) is 13.1 Å². The normalized spacial score (nSPS) is 14.0. The number of nitrogens with zero attached hydrogens (tertiary/aromatic N) is 2. The Hall–Kier alpha value is -1.44. The predicted octanol–water partition coefficient (Wildman–Crippen LogP) is -2.05. The molecule has 7 heteroatoms. The molecule has 96 valence electrons. The monoisotopic (exact) mass is 270 g/mol. The highest BCUT2D eigenvalue weighted by Crippen LogP contribution is 2.20. The van der Waals surface area contributed by atoms with Gasteiger partial charge in [0.05, 0.1) is 27.0 Å². The Morgan fingerprint density at radius 1 is 1.22 bits per heavy atom. The van der Waals surface area contributed by atoms with Crippen molar-refractivity contribution in [1.82, 2.24) is 4.57 Å². The van der Waals surface area contributed by atoms with Crippen LogP contribution in [0, 0.1) is 10.2 Å². The minimum Gasteiger partial charge on any atom is -0.345 e. The quantitative estimate of drug-likeness (QED) is 0.594. The lowest BCUT2D eigenvalue weighted by Crippen LogP contribution is -2.58. The molecule has 6 nitrogen and oxygen atoms in total. The molecule has 0 spiro atoms. The van der Waals surface area contributed by atoms with Gasteiger partial charge >= 0.3 is 0 Å². The molecule has 0 radical (unpaired) electrons. The molecule has 0 saturated carbocycles. The Morgan fingerprint density at radius 2 is 1.94 bits per heavy atom. The molecule has 1 N–H and O–H groups in total. The summed E-state index contributed by atoms with van der Waals surface area (Å²) in [6.45, 7) is 1.88. The molecule has 0 atom stereocenters. The van der Waals surface area contributed by atoms with Crippen molar-refractivity contribution in [1.29, 1.82) is 0 Å². The molecule has 0 bridgehead atoms. The zero-order valence-electron chi connectivity index (χ0n) is 9.32. The average Bonchev–Trinajstić information content (AvgIpc) is 2.53. The molecule has 0 aliphatic carbocycles. The fourth-order valence-corrected chi connectivity index (χ4v) is 1.91. The van der Waals surface area contributed by atoms with Gasteiger partial charge in [0.25, 0.3) is 0 Å². The Labute approximate surface area is 105 Å². The van der Waals surface area contributed by atoms with Crippen LogP contribution in [0.1, 0.15) is 5.56 Å². The van der Waals surface area contributed by atoms with Gasteiger partial charge in [-0.25, -0.2) is 0 Å². The van der Waals surface area contributed by atoms with Gasteiger partial charge in [-0.05, 0) is 6.07 Å². The van der Waals surface area contributed by atoms with Gasteiger partial charge in [0.2, 0.25) is 0 Å². The molecule has 1 aliphatic heterocycles. The third-order valence-electron chi connectivity index (χ3n) is 2.52. The first-order valence-corrected chi connectivity index (χ1v) is 6.42. The Balaban J connectivity index is 0.000000209. The maximum Gasteiger partial charge on any atom is 0.0777 e. The number of halogens is 1. The molecule has 3 rings (SSSR count). The first-order chi connectivity index (χ1) is 8.45. The lowest BCUT2D eigenvalue weighted by molar-refractivity contribution is -1.92. The highest BCUT2D eigenvalue weighted by molar-refractivity contribution is 5.98. The van der Waals surface area contributed by atoms with Crippen LogP contribution >= 0.6 is 0 Å². The summed E-state index contributed by atoms with van der Waals surface area (Å²) in [5.41, 5.74) is 2.56. The molecule has 0 unspecified atom stereocenters. The molecular weight excluding hydrogens is 260 g/mol. The summed E-state index contributed by atoms with van der Waals surface area (Å²) in [6.07, 6.45) is 4.12. The van der Waals surface area contributed by atoms with Crippen molar-refractivity contribution < 1.29 is 28.9 Å². The number of benzene rings is 1. The number of rotatable bonds is 0. The van der Waals surface area contributed by atoms with Crippen molar-refractivity contribution in [3.63, 3.8) is 0 Å². The van der Waals surface area contributed by atoms with E-state index >= 15 is 0 Å². The molecule has 1 aliphatic rings. The van der Waals surface area contributed by atoms with Crippen LogP contribution in [0.5, 0.6) is 0 Å². The Bertz CT molecular complexity index is 568. The lowest BCUT2D eigenvalue weighted by atomic mass is 10.1. The van der Waals surface area contributed by atoms with E-state index in [1.165, 1.54) is 16.5 Å². The number of para-hydroxylation sites is 1. The smallest absolute Gasteiger partial charge is 0.0777 e. The fraction of sp³-hybridized carbons (Fsp3) is 0.182. The van der Waals surface area contributed by atoms with Crippen LogP contribution in [0.4, 0.5) is 0 Å². The first-order valence-electron chi connectivity index (χ1n) is 5.16. The van der Waals surface area contributed by atoms with Crippen LogP contribution in [-0.2, 0) is 6.54 Å². The van der Waals surface area contributed by atoms with Gasteiger partial charge in [0.15, 0.2) is 0 Å². The van der Waals surface area contributed by atoms with Crippen molar-refractivity contribution in [3.05, 3.63) is 36.0 Å². The van der Waals surface area contributed by atoms with Crippen LogP contribution in [0.2, 0.25) is 0 Å². The summed E-state index contributed by atoms with van der Waals surface area (Å²) < 4.78 is 35.0. The van der Waals surface area contributed by atoms with Crippen molar-refractivity contribution in [2.45, 2.75) is 6.54 Å². The van der Waals surface area contributed by atoms with Gasteiger partial charge in [-0.2, -0.15) is 14.0 Å². The highest BCUT2D eigenvalue weighted by Gasteiger charge is 2.06. The minimum atomic E-state index is -4.69. The molecule has 0 amide bonds. The van der Waals surface area contributed by atoms with Crippen LogP contribution < -0.4 is 14.0 Å². The van der Waals surface area contributed by atoms with Gasteiger partial charge in [-0.15, -0.1) is 0 Å². The van der Waals surface area contributed by atoms with E-state index in [0.29, 0.717) is 0 Å². The van der Waals surface area contributed by atoms with Crippen LogP contribution in [-0.4, -0.2) is 22.0 Å². The standard InChI is InChI=1S/C11H10N2.ClHO4/c1-2-9-4-6-13-7-5-12-8-10(3-1)11(9)13;2-1(3,4)5/h1-4,6,8H,5,7H2;(H,2,3,4,5). The maximum atomic E-state index is 8.60. The van der Waals surface area contributed by atoms with Crippen LogP contribution in [0.3, 0.4) is 0 Å². The second-order valence-electron chi connectivity index (χ2n) is 3.73. The zero-order chi connectivity index (χ0) is 13.2. The van der Waals surface area contributed by atoms with Crippen molar-refractivity contribution >= 4 is 17.1 Å². The summed E-state index contributed by atoms with van der Waals surface area (Å²) in [5.74, 6) is 0. The third kappa shape index (κ3) is 3.28. The Morgan fingerprint density at radius 3 is 2.67 bits per heavy atom. The van der Waals surface area contributed by atoms with Gasteiger partial charge in [0.1, 0.15) is 0 Å². The van der Waals surface area contributed by atoms with E-state index < -0.39 is 10.2 Å². The number of hydrogen-bond donors (Lipinski definition) is 1. The van der Waals surface area contributed by atoms with E-state index in [-0.39, 0.29) is 0 Å². The summed E-state index contributed by atoms with van der Waals surface area (Å²) in [7, 11) is -4.69. The molecule has 0 saturated heterocycles. The predicted molar refractivity (Wildman–Crippen MR) is 56.6 cm³/mol. The summed E-state index contributed by atoms with van der Waals surface area (Å²) in [5, 5.41) is 1.31. The largest absolute Gasteiger partial charge is 0.345 e. The first kappa shape index (κ1) is 13.0. The average molecular weight is 271 g/mol.